The van der Waals surface area contributed by atoms with Crippen molar-refractivity contribution in [2.45, 2.75) is 20.0 Å². The standard InChI is InChI=1S/C21H18ClFN4O/c1-2-27-19(10-20(26-27)25-11-13-3-6-15(23)7-4-13)21(28)17-12-24-18-8-5-14(22)9-16(17)18/h3-10,12,24H,2,11H2,1H3,(H,25,26). The average molecular weight is 397 g/mol. The van der Waals surface area contributed by atoms with Gasteiger partial charge in [0.25, 0.3) is 0 Å². The molecule has 4 rings (SSSR count). The molecule has 5 nitrogen and oxygen atoms in total. The van der Waals surface area contributed by atoms with E-state index in [1.54, 1.807) is 41.2 Å². The van der Waals surface area contributed by atoms with Gasteiger partial charge >= 0.3 is 0 Å². The number of fused-ring (bicyclic) bond motifs is 1. The van der Waals surface area contributed by atoms with Crippen molar-refractivity contribution in [3.63, 3.8) is 0 Å². The molecular weight excluding hydrogens is 379 g/mol. The Balaban J connectivity index is 1.61. The number of aromatic amines is 1. The Morgan fingerprint density at radius 2 is 2.00 bits per heavy atom. The van der Waals surface area contributed by atoms with Crippen LogP contribution in [0.2, 0.25) is 5.02 Å². The Morgan fingerprint density at radius 3 is 2.75 bits per heavy atom. The minimum absolute atomic E-state index is 0.127. The van der Waals surface area contributed by atoms with Crippen LogP contribution in [-0.2, 0) is 13.1 Å². The lowest BCUT2D eigenvalue weighted by molar-refractivity contribution is 0.103. The molecule has 2 heterocycles. The fourth-order valence-corrected chi connectivity index (χ4v) is 3.31. The molecule has 4 aromatic rings. The zero-order chi connectivity index (χ0) is 19.7. The molecule has 0 aliphatic heterocycles. The number of nitrogens with zero attached hydrogens (tertiary/aromatic N) is 2. The monoisotopic (exact) mass is 396 g/mol. The van der Waals surface area contributed by atoms with Crippen molar-refractivity contribution in [3.05, 3.63) is 82.4 Å². The lowest BCUT2D eigenvalue weighted by Gasteiger charge is -2.03. The highest BCUT2D eigenvalue weighted by Gasteiger charge is 2.20. The normalized spacial score (nSPS) is 11.1. The fourth-order valence-electron chi connectivity index (χ4n) is 3.14. The van der Waals surface area contributed by atoms with Gasteiger partial charge in [-0.3, -0.25) is 9.48 Å². The molecule has 0 fully saturated rings. The molecular formula is C21H18ClFN4O. The molecule has 0 unspecified atom stereocenters. The predicted molar refractivity (Wildman–Crippen MR) is 108 cm³/mol. The molecule has 7 heteroatoms. The van der Waals surface area contributed by atoms with E-state index in [-0.39, 0.29) is 11.6 Å². The molecule has 2 N–H and O–H groups in total. The first-order valence-corrected chi connectivity index (χ1v) is 9.30. The number of carbonyl (C=O) groups is 1. The van der Waals surface area contributed by atoms with E-state index in [0.29, 0.717) is 35.2 Å². The third-order valence-electron chi connectivity index (χ3n) is 4.59. The Kier molecular flexibility index (Phi) is 4.88. The van der Waals surface area contributed by atoms with Crippen molar-refractivity contribution in [3.8, 4) is 0 Å². The van der Waals surface area contributed by atoms with Crippen molar-refractivity contribution in [2.24, 2.45) is 0 Å². The number of benzene rings is 2. The van der Waals surface area contributed by atoms with Gasteiger partial charge in [-0.05, 0) is 42.8 Å². The molecule has 0 saturated carbocycles. The van der Waals surface area contributed by atoms with Gasteiger partial charge in [0, 0.05) is 46.8 Å². The van der Waals surface area contributed by atoms with E-state index in [9.17, 15) is 9.18 Å². The molecule has 2 aromatic heterocycles. The lowest BCUT2D eigenvalue weighted by Crippen LogP contribution is -2.10. The van der Waals surface area contributed by atoms with Gasteiger partial charge in [-0.25, -0.2) is 4.39 Å². The number of H-pyrrole nitrogens is 1. The number of carbonyl (C=O) groups excluding carboxylic acids is 1. The molecule has 0 saturated heterocycles. The second-order valence-corrected chi connectivity index (χ2v) is 6.87. The van der Waals surface area contributed by atoms with E-state index >= 15 is 0 Å². The van der Waals surface area contributed by atoms with E-state index in [2.05, 4.69) is 15.4 Å². The maximum atomic E-state index is 13.1. The van der Waals surface area contributed by atoms with Crippen molar-refractivity contribution in [1.82, 2.24) is 14.8 Å². The van der Waals surface area contributed by atoms with Crippen LogP contribution >= 0.6 is 11.6 Å². The van der Waals surface area contributed by atoms with Crippen LogP contribution in [0.1, 0.15) is 28.5 Å². The number of halogens is 2. The maximum Gasteiger partial charge on any atom is 0.213 e. The molecule has 0 spiro atoms. The number of aryl methyl sites for hydroxylation is 1. The van der Waals surface area contributed by atoms with Gasteiger partial charge < -0.3 is 10.3 Å². The topological polar surface area (TPSA) is 62.7 Å². The van der Waals surface area contributed by atoms with E-state index < -0.39 is 0 Å². The van der Waals surface area contributed by atoms with Crippen LogP contribution < -0.4 is 5.32 Å². The highest BCUT2D eigenvalue weighted by Crippen LogP contribution is 2.25. The summed E-state index contributed by atoms with van der Waals surface area (Å²) in [5.74, 6) is 0.191. The summed E-state index contributed by atoms with van der Waals surface area (Å²) >= 11 is 6.09. The summed E-state index contributed by atoms with van der Waals surface area (Å²) in [6.07, 6.45) is 1.70. The third kappa shape index (κ3) is 3.51. The Hall–Kier alpha value is -3.12. The second kappa shape index (κ2) is 7.48. The smallest absolute Gasteiger partial charge is 0.213 e. The van der Waals surface area contributed by atoms with Gasteiger partial charge in [-0.15, -0.1) is 0 Å². The van der Waals surface area contributed by atoms with Gasteiger partial charge in [0.2, 0.25) is 5.78 Å². The van der Waals surface area contributed by atoms with Crippen LogP contribution in [0, 0.1) is 5.82 Å². The number of ketones is 1. The van der Waals surface area contributed by atoms with Crippen LogP contribution in [0.5, 0.6) is 0 Å². The zero-order valence-corrected chi connectivity index (χ0v) is 15.9. The van der Waals surface area contributed by atoms with Crippen LogP contribution in [0.3, 0.4) is 0 Å². The number of nitrogens with one attached hydrogen (secondary N) is 2. The predicted octanol–water partition coefficient (Wildman–Crippen LogP) is 5.02. The minimum Gasteiger partial charge on any atom is -0.365 e. The summed E-state index contributed by atoms with van der Waals surface area (Å²) in [4.78, 5) is 16.3. The molecule has 28 heavy (non-hydrogen) atoms. The molecule has 142 valence electrons. The van der Waals surface area contributed by atoms with Gasteiger partial charge in [0.05, 0.1) is 0 Å². The zero-order valence-electron chi connectivity index (χ0n) is 15.2. The van der Waals surface area contributed by atoms with Crippen molar-refractivity contribution in [1.29, 1.82) is 0 Å². The van der Waals surface area contributed by atoms with Crippen LogP contribution in [0.4, 0.5) is 10.2 Å². The number of hydrogen-bond acceptors (Lipinski definition) is 3. The largest absolute Gasteiger partial charge is 0.365 e. The van der Waals surface area contributed by atoms with Crippen LogP contribution in [-0.4, -0.2) is 20.5 Å². The highest BCUT2D eigenvalue weighted by molar-refractivity contribution is 6.31. The first-order valence-electron chi connectivity index (χ1n) is 8.92. The molecule has 0 bridgehead atoms. The highest BCUT2D eigenvalue weighted by atomic mass is 35.5. The molecule has 2 aromatic carbocycles. The first kappa shape index (κ1) is 18.3. The SMILES string of the molecule is CCn1nc(NCc2ccc(F)cc2)cc1C(=O)c1c[nH]c2ccc(Cl)cc12. The van der Waals surface area contributed by atoms with E-state index in [1.165, 1.54) is 12.1 Å². The first-order chi connectivity index (χ1) is 13.5. The van der Waals surface area contributed by atoms with Crippen molar-refractivity contribution >= 4 is 34.1 Å². The Bertz CT molecular complexity index is 1150. The number of rotatable bonds is 6. The van der Waals surface area contributed by atoms with Crippen LogP contribution in [0.15, 0.2) is 54.7 Å². The van der Waals surface area contributed by atoms with Crippen molar-refractivity contribution < 1.29 is 9.18 Å². The van der Waals surface area contributed by atoms with Gasteiger partial charge in [0.1, 0.15) is 17.3 Å². The Labute approximate surface area is 166 Å². The summed E-state index contributed by atoms with van der Waals surface area (Å²) in [6, 6.07) is 13.4. The fraction of sp³-hybridized carbons (Fsp3) is 0.143. The van der Waals surface area contributed by atoms with E-state index in [4.69, 9.17) is 11.6 Å². The molecule has 0 atom stereocenters. The van der Waals surface area contributed by atoms with Gasteiger partial charge in [-0.2, -0.15) is 5.10 Å². The van der Waals surface area contributed by atoms with E-state index in [0.717, 1.165) is 16.5 Å². The third-order valence-corrected chi connectivity index (χ3v) is 4.82. The van der Waals surface area contributed by atoms with Crippen LogP contribution in [0.25, 0.3) is 10.9 Å². The lowest BCUT2D eigenvalue weighted by atomic mass is 10.1. The summed E-state index contributed by atoms with van der Waals surface area (Å²) in [7, 11) is 0. The van der Waals surface area contributed by atoms with Gasteiger partial charge in [0.15, 0.2) is 0 Å². The average Bonchev–Trinajstić information content (AvgIpc) is 3.30. The summed E-state index contributed by atoms with van der Waals surface area (Å²) in [5.41, 5.74) is 2.82. The quantitative estimate of drug-likeness (QED) is 0.450. The number of aromatic nitrogens is 3. The van der Waals surface area contributed by atoms with Crippen molar-refractivity contribution in [2.75, 3.05) is 5.32 Å². The number of hydrogen-bond donors (Lipinski definition) is 2. The summed E-state index contributed by atoms with van der Waals surface area (Å²) < 4.78 is 14.7. The summed E-state index contributed by atoms with van der Waals surface area (Å²) in [6.45, 7) is 2.97. The molecule has 0 amide bonds. The maximum absolute atomic E-state index is 13.1. The van der Waals surface area contributed by atoms with E-state index in [1.807, 2.05) is 13.0 Å². The summed E-state index contributed by atoms with van der Waals surface area (Å²) in [5, 5.41) is 9.01. The molecule has 0 radical (unpaired) electrons. The van der Waals surface area contributed by atoms with Gasteiger partial charge in [-0.1, -0.05) is 23.7 Å². The molecule has 0 aliphatic rings. The minimum atomic E-state index is -0.272. The number of anilines is 1. The second-order valence-electron chi connectivity index (χ2n) is 6.43. The molecule has 0 aliphatic carbocycles. The Morgan fingerprint density at radius 1 is 1.21 bits per heavy atom.